The Balaban J connectivity index is 1.33. The minimum atomic E-state index is 0.158. The second-order valence-corrected chi connectivity index (χ2v) is 8.73. The van der Waals surface area contributed by atoms with Gasteiger partial charge in [0.15, 0.2) is 5.65 Å². The van der Waals surface area contributed by atoms with Crippen LogP contribution in [0.4, 0.5) is 0 Å². The Morgan fingerprint density at radius 2 is 2.04 bits per heavy atom. The topological polar surface area (TPSA) is 63.0 Å². The van der Waals surface area contributed by atoms with Crippen LogP contribution in [0.5, 0.6) is 0 Å². The van der Waals surface area contributed by atoms with Gasteiger partial charge in [-0.3, -0.25) is 9.69 Å². The zero-order valence-electron chi connectivity index (χ0n) is 17.0. The number of carbonyl (C=O) groups is 1. The van der Waals surface area contributed by atoms with Crippen LogP contribution in [0.2, 0.25) is 0 Å². The van der Waals surface area contributed by atoms with E-state index < -0.39 is 0 Å². The molecule has 1 amide bonds. The second kappa shape index (κ2) is 6.81. The Kier molecular flexibility index (Phi) is 4.39. The molecule has 2 aromatic rings. The third kappa shape index (κ3) is 3.01. The van der Waals surface area contributed by atoms with Crippen molar-refractivity contribution in [3.05, 3.63) is 29.2 Å². The summed E-state index contributed by atoms with van der Waals surface area (Å²) in [6.07, 6.45) is 6.01. The monoisotopic (exact) mass is 383 g/mol. The number of nitrogens with zero attached hydrogens (tertiary/aromatic N) is 5. The number of amides is 1. The number of rotatable bonds is 3. The zero-order chi connectivity index (χ0) is 19.4. The predicted molar refractivity (Wildman–Crippen MR) is 105 cm³/mol. The maximum absolute atomic E-state index is 13.2. The van der Waals surface area contributed by atoms with Gasteiger partial charge in [-0.1, -0.05) is 0 Å². The van der Waals surface area contributed by atoms with Gasteiger partial charge >= 0.3 is 0 Å². The SMILES string of the molecule is Cc1cc2ncc3c(n2n1)C[C@H]1CC[C@H]3N1C(=O)CCN1C[C@@H](C)O[C@H](C)C1. The lowest BCUT2D eigenvalue weighted by atomic mass is 9.98. The minimum Gasteiger partial charge on any atom is -0.373 e. The van der Waals surface area contributed by atoms with Crippen molar-refractivity contribution in [1.29, 1.82) is 0 Å². The van der Waals surface area contributed by atoms with Crippen LogP contribution in [0.1, 0.15) is 56.1 Å². The molecule has 4 atom stereocenters. The number of aryl methyl sites for hydroxylation is 1. The van der Waals surface area contributed by atoms with E-state index in [0.29, 0.717) is 12.5 Å². The van der Waals surface area contributed by atoms with Crippen LogP contribution in [-0.4, -0.2) is 68.2 Å². The molecule has 0 saturated carbocycles. The van der Waals surface area contributed by atoms with E-state index in [1.807, 2.05) is 23.7 Å². The maximum Gasteiger partial charge on any atom is 0.224 e. The van der Waals surface area contributed by atoms with E-state index in [2.05, 4.69) is 33.7 Å². The van der Waals surface area contributed by atoms with E-state index in [1.165, 1.54) is 11.3 Å². The number of hydrogen-bond donors (Lipinski definition) is 0. The summed E-state index contributed by atoms with van der Waals surface area (Å²) in [5.74, 6) is 0.279. The molecule has 2 bridgehead atoms. The Hall–Kier alpha value is -1.99. The van der Waals surface area contributed by atoms with Crippen molar-refractivity contribution in [2.75, 3.05) is 19.6 Å². The molecule has 5 rings (SSSR count). The summed E-state index contributed by atoms with van der Waals surface area (Å²) in [7, 11) is 0. The number of aromatic nitrogens is 3. The quantitative estimate of drug-likeness (QED) is 0.813. The minimum absolute atomic E-state index is 0.158. The van der Waals surface area contributed by atoms with Crippen LogP contribution in [0.15, 0.2) is 12.3 Å². The van der Waals surface area contributed by atoms with E-state index in [-0.39, 0.29) is 24.2 Å². The molecule has 0 radical (unpaired) electrons. The van der Waals surface area contributed by atoms with E-state index in [1.54, 1.807) is 0 Å². The molecule has 0 spiro atoms. The molecule has 3 aliphatic heterocycles. The van der Waals surface area contributed by atoms with Crippen LogP contribution in [0.3, 0.4) is 0 Å². The van der Waals surface area contributed by atoms with Crippen molar-refractivity contribution in [3.8, 4) is 0 Å². The van der Waals surface area contributed by atoms with E-state index >= 15 is 0 Å². The lowest BCUT2D eigenvalue weighted by Gasteiger charge is -2.38. The average Bonchev–Trinajstić information content (AvgIpc) is 3.18. The van der Waals surface area contributed by atoms with Crippen LogP contribution < -0.4 is 0 Å². The Morgan fingerprint density at radius 3 is 2.82 bits per heavy atom. The van der Waals surface area contributed by atoms with Crippen molar-refractivity contribution < 1.29 is 9.53 Å². The van der Waals surface area contributed by atoms with Gasteiger partial charge in [-0.2, -0.15) is 5.10 Å². The van der Waals surface area contributed by atoms with Gasteiger partial charge in [-0.05, 0) is 33.6 Å². The molecule has 3 aliphatic rings. The van der Waals surface area contributed by atoms with Crippen molar-refractivity contribution in [2.45, 2.75) is 70.7 Å². The first-order chi connectivity index (χ1) is 13.5. The lowest BCUT2D eigenvalue weighted by Crippen LogP contribution is -2.48. The molecule has 5 heterocycles. The van der Waals surface area contributed by atoms with Crippen molar-refractivity contribution in [2.24, 2.45) is 0 Å². The summed E-state index contributed by atoms with van der Waals surface area (Å²) in [5, 5.41) is 4.64. The molecule has 2 aromatic heterocycles. The van der Waals surface area contributed by atoms with E-state index in [4.69, 9.17) is 4.74 Å². The summed E-state index contributed by atoms with van der Waals surface area (Å²) in [4.78, 5) is 22.3. The van der Waals surface area contributed by atoms with E-state index in [0.717, 1.165) is 50.2 Å². The van der Waals surface area contributed by atoms with Crippen LogP contribution >= 0.6 is 0 Å². The summed E-state index contributed by atoms with van der Waals surface area (Å²) >= 11 is 0. The highest BCUT2D eigenvalue weighted by atomic mass is 16.5. The standard InChI is InChI=1S/C21H29N5O2/c1-13-8-20-22-10-17-18-5-4-16(9-19(17)26(20)23-13)25(18)21(27)6-7-24-11-14(2)28-15(3)12-24/h8,10,14-16,18H,4-7,9,11-12H2,1-3H3/t14-,15-,16-,18-/m1/s1. The molecule has 0 unspecified atom stereocenters. The largest absolute Gasteiger partial charge is 0.373 e. The lowest BCUT2D eigenvalue weighted by molar-refractivity contribution is -0.136. The van der Waals surface area contributed by atoms with Gasteiger partial charge < -0.3 is 9.64 Å². The molecule has 0 aliphatic carbocycles. The van der Waals surface area contributed by atoms with Crippen LogP contribution in [0, 0.1) is 6.92 Å². The molecular formula is C21H29N5O2. The Labute approximate surface area is 165 Å². The summed E-state index contributed by atoms with van der Waals surface area (Å²) < 4.78 is 7.80. The third-order valence-electron chi connectivity index (χ3n) is 6.45. The first-order valence-electron chi connectivity index (χ1n) is 10.5. The highest BCUT2D eigenvalue weighted by molar-refractivity contribution is 5.78. The van der Waals surface area contributed by atoms with Crippen LogP contribution in [0.25, 0.3) is 5.65 Å². The highest BCUT2D eigenvalue weighted by Gasteiger charge is 2.43. The summed E-state index contributed by atoms with van der Waals surface area (Å²) in [6.45, 7) is 8.85. The number of morpholine rings is 1. The summed E-state index contributed by atoms with van der Waals surface area (Å²) in [5.41, 5.74) is 4.32. The van der Waals surface area contributed by atoms with Gasteiger partial charge in [-0.25, -0.2) is 9.50 Å². The normalized spacial score (nSPS) is 30.0. The van der Waals surface area contributed by atoms with Crippen molar-refractivity contribution >= 4 is 11.6 Å². The van der Waals surface area contributed by atoms with Gasteiger partial charge in [0.25, 0.3) is 0 Å². The predicted octanol–water partition coefficient (Wildman–Crippen LogP) is 2.13. The molecule has 0 aromatic carbocycles. The highest BCUT2D eigenvalue weighted by Crippen LogP contribution is 2.43. The van der Waals surface area contributed by atoms with Gasteiger partial charge in [0.2, 0.25) is 5.91 Å². The van der Waals surface area contributed by atoms with E-state index in [9.17, 15) is 4.79 Å². The van der Waals surface area contributed by atoms with Gasteiger partial charge in [0.05, 0.1) is 29.6 Å². The van der Waals surface area contributed by atoms with Crippen LogP contribution in [-0.2, 0) is 16.0 Å². The molecule has 2 saturated heterocycles. The maximum atomic E-state index is 13.2. The number of carbonyl (C=O) groups excluding carboxylic acids is 1. The third-order valence-corrected chi connectivity index (χ3v) is 6.45. The number of ether oxygens (including phenoxy) is 1. The first kappa shape index (κ1) is 18.1. The fourth-order valence-corrected chi connectivity index (χ4v) is 5.43. The van der Waals surface area contributed by atoms with Crippen molar-refractivity contribution in [1.82, 2.24) is 24.4 Å². The number of fused-ring (bicyclic) bond motifs is 6. The van der Waals surface area contributed by atoms with Gasteiger partial charge in [0.1, 0.15) is 0 Å². The molecule has 150 valence electrons. The second-order valence-electron chi connectivity index (χ2n) is 8.73. The molecule has 28 heavy (non-hydrogen) atoms. The molecule has 2 fully saturated rings. The Bertz CT molecular complexity index is 900. The average molecular weight is 383 g/mol. The molecule has 0 N–H and O–H groups in total. The smallest absolute Gasteiger partial charge is 0.224 e. The molecule has 7 heteroatoms. The number of hydrogen-bond acceptors (Lipinski definition) is 5. The van der Waals surface area contributed by atoms with Gasteiger partial charge in [-0.15, -0.1) is 0 Å². The van der Waals surface area contributed by atoms with Crippen molar-refractivity contribution in [3.63, 3.8) is 0 Å². The molecule has 7 nitrogen and oxygen atoms in total. The summed E-state index contributed by atoms with van der Waals surface area (Å²) in [6, 6.07) is 2.47. The van der Waals surface area contributed by atoms with Gasteiger partial charge in [0, 0.05) is 56.3 Å². The fraction of sp³-hybridized carbons (Fsp3) is 0.667. The zero-order valence-corrected chi connectivity index (χ0v) is 17.0. The first-order valence-corrected chi connectivity index (χ1v) is 10.5. The molecular weight excluding hydrogens is 354 g/mol. The fourth-order valence-electron chi connectivity index (χ4n) is 5.43. The Morgan fingerprint density at radius 1 is 1.25 bits per heavy atom.